The topological polar surface area (TPSA) is 50.5 Å². The molecule has 0 saturated carbocycles. The normalized spacial score (nSPS) is 11.0. The van der Waals surface area contributed by atoms with E-state index in [4.69, 9.17) is 0 Å². The van der Waals surface area contributed by atoms with Crippen molar-refractivity contribution in [2.75, 3.05) is 13.1 Å². The summed E-state index contributed by atoms with van der Waals surface area (Å²) < 4.78 is 16.2. The van der Waals surface area contributed by atoms with Crippen LogP contribution in [0, 0.1) is 5.82 Å². The first kappa shape index (κ1) is 18.8. The van der Waals surface area contributed by atoms with Gasteiger partial charge in [-0.25, -0.2) is 13.9 Å². The highest BCUT2D eigenvalue weighted by Crippen LogP contribution is 2.27. The van der Waals surface area contributed by atoms with Crippen molar-refractivity contribution < 1.29 is 9.18 Å². The summed E-state index contributed by atoms with van der Waals surface area (Å²) in [6.45, 7) is 4.99. The second kappa shape index (κ2) is 7.83. The van der Waals surface area contributed by atoms with Gasteiger partial charge in [-0.1, -0.05) is 42.5 Å². The largest absolute Gasteiger partial charge is 0.338 e. The molecule has 0 aliphatic heterocycles. The Morgan fingerprint density at radius 2 is 1.69 bits per heavy atom. The lowest BCUT2D eigenvalue weighted by Crippen LogP contribution is -2.31. The van der Waals surface area contributed by atoms with E-state index in [1.807, 2.05) is 50.2 Å². The molecule has 0 spiro atoms. The highest BCUT2D eigenvalue weighted by molar-refractivity contribution is 5.94. The van der Waals surface area contributed by atoms with Crippen molar-refractivity contribution in [3.05, 3.63) is 78.2 Å². The van der Waals surface area contributed by atoms with Crippen LogP contribution in [-0.2, 0) is 0 Å². The number of fused-ring (bicyclic) bond motifs is 1. The van der Waals surface area contributed by atoms with Crippen molar-refractivity contribution in [3.8, 4) is 22.5 Å². The predicted octanol–water partition coefficient (Wildman–Crippen LogP) is 4.68. The van der Waals surface area contributed by atoms with Crippen LogP contribution in [0.2, 0.25) is 0 Å². The summed E-state index contributed by atoms with van der Waals surface area (Å²) in [6, 6.07) is 19.6. The van der Waals surface area contributed by atoms with Crippen molar-refractivity contribution in [1.82, 2.24) is 19.5 Å². The molecule has 0 N–H and O–H groups in total. The van der Waals surface area contributed by atoms with Crippen molar-refractivity contribution >= 4 is 11.6 Å². The minimum Gasteiger partial charge on any atom is -0.338 e. The number of benzene rings is 2. The number of nitrogens with zero attached hydrogens (tertiary/aromatic N) is 4. The maximum Gasteiger partial charge on any atom is 0.272 e. The predicted molar refractivity (Wildman–Crippen MR) is 111 cm³/mol. The molecule has 0 aliphatic carbocycles. The molecule has 2 aromatic heterocycles. The van der Waals surface area contributed by atoms with Gasteiger partial charge in [0.15, 0.2) is 5.65 Å². The van der Waals surface area contributed by atoms with Gasteiger partial charge >= 0.3 is 0 Å². The fourth-order valence-electron chi connectivity index (χ4n) is 3.37. The Morgan fingerprint density at radius 1 is 1.00 bits per heavy atom. The van der Waals surface area contributed by atoms with Crippen LogP contribution in [0.1, 0.15) is 24.3 Å². The van der Waals surface area contributed by atoms with Gasteiger partial charge in [-0.2, -0.15) is 5.10 Å². The summed E-state index contributed by atoms with van der Waals surface area (Å²) in [4.78, 5) is 19.2. The Balaban J connectivity index is 1.96. The van der Waals surface area contributed by atoms with Crippen LogP contribution in [0.4, 0.5) is 4.39 Å². The molecule has 4 aromatic rings. The fraction of sp³-hybridized carbons (Fsp3) is 0.174. The molecule has 0 unspecified atom stereocenters. The van der Waals surface area contributed by atoms with Crippen LogP contribution in [0.3, 0.4) is 0 Å². The molecule has 1 amide bonds. The minimum absolute atomic E-state index is 0.183. The van der Waals surface area contributed by atoms with Crippen LogP contribution in [0.5, 0.6) is 0 Å². The van der Waals surface area contributed by atoms with E-state index in [2.05, 4.69) is 10.1 Å². The number of amides is 1. The van der Waals surface area contributed by atoms with Crippen molar-refractivity contribution in [3.63, 3.8) is 0 Å². The average Bonchev–Trinajstić information content (AvgIpc) is 3.19. The van der Waals surface area contributed by atoms with E-state index in [0.717, 1.165) is 5.56 Å². The van der Waals surface area contributed by atoms with Crippen LogP contribution < -0.4 is 0 Å². The second-order valence-electron chi connectivity index (χ2n) is 6.65. The molecule has 0 saturated heterocycles. The maximum absolute atomic E-state index is 14.6. The Hall–Kier alpha value is -3.54. The number of carbonyl (C=O) groups excluding carboxylic acids is 1. The first-order valence-electron chi connectivity index (χ1n) is 9.62. The lowest BCUT2D eigenvalue weighted by molar-refractivity contribution is 0.0767. The Labute approximate surface area is 168 Å². The van der Waals surface area contributed by atoms with Crippen LogP contribution >= 0.6 is 0 Å². The molecule has 5 nitrogen and oxygen atoms in total. The van der Waals surface area contributed by atoms with Gasteiger partial charge in [0.2, 0.25) is 0 Å². The zero-order chi connectivity index (χ0) is 20.4. The molecular formula is C23H21FN4O. The van der Waals surface area contributed by atoms with Gasteiger partial charge in [0.05, 0.1) is 11.4 Å². The zero-order valence-electron chi connectivity index (χ0n) is 16.3. The highest BCUT2D eigenvalue weighted by Gasteiger charge is 2.20. The third-order valence-electron chi connectivity index (χ3n) is 4.92. The summed E-state index contributed by atoms with van der Waals surface area (Å²) in [5.74, 6) is -0.560. The van der Waals surface area contributed by atoms with E-state index in [-0.39, 0.29) is 17.4 Å². The van der Waals surface area contributed by atoms with Gasteiger partial charge in [0, 0.05) is 30.3 Å². The summed E-state index contributed by atoms with van der Waals surface area (Å²) in [5, 5.41) is 4.65. The molecule has 0 radical (unpaired) electrons. The number of hydrogen-bond donors (Lipinski definition) is 0. The highest BCUT2D eigenvalue weighted by atomic mass is 19.1. The zero-order valence-corrected chi connectivity index (χ0v) is 16.3. The molecule has 146 valence electrons. The van der Waals surface area contributed by atoms with E-state index in [1.165, 1.54) is 6.07 Å². The fourth-order valence-corrected chi connectivity index (χ4v) is 3.37. The number of rotatable bonds is 5. The van der Waals surface area contributed by atoms with Crippen molar-refractivity contribution in [2.24, 2.45) is 0 Å². The summed E-state index contributed by atoms with van der Waals surface area (Å²) >= 11 is 0. The number of hydrogen-bond acceptors (Lipinski definition) is 3. The molecule has 0 aliphatic rings. The van der Waals surface area contributed by atoms with Gasteiger partial charge in [0.25, 0.3) is 5.91 Å². The molecule has 2 heterocycles. The Bertz CT molecular complexity index is 1170. The van der Waals surface area contributed by atoms with Gasteiger partial charge in [0.1, 0.15) is 11.5 Å². The van der Waals surface area contributed by atoms with Gasteiger partial charge in [-0.15, -0.1) is 0 Å². The molecule has 0 bridgehead atoms. The third kappa shape index (κ3) is 3.49. The second-order valence-corrected chi connectivity index (χ2v) is 6.65. The first-order valence-corrected chi connectivity index (χ1v) is 9.62. The molecule has 0 fully saturated rings. The smallest absolute Gasteiger partial charge is 0.272 e. The lowest BCUT2D eigenvalue weighted by atomic mass is 10.1. The summed E-state index contributed by atoms with van der Waals surface area (Å²) in [5.41, 5.74) is 3.28. The minimum atomic E-state index is -0.377. The summed E-state index contributed by atoms with van der Waals surface area (Å²) in [6.07, 6.45) is 0. The third-order valence-corrected chi connectivity index (χ3v) is 4.92. The monoisotopic (exact) mass is 388 g/mol. The van der Waals surface area contributed by atoms with Crippen LogP contribution in [0.15, 0.2) is 66.7 Å². The SMILES string of the molecule is CCN(CC)C(=O)c1cc(-c2ccccc2F)n2nc(-c3ccccc3)cc2n1. The molecule has 29 heavy (non-hydrogen) atoms. The summed E-state index contributed by atoms with van der Waals surface area (Å²) in [7, 11) is 0. The molecule has 4 rings (SSSR count). The van der Waals surface area contributed by atoms with Crippen LogP contribution in [0.25, 0.3) is 28.2 Å². The standard InChI is InChI=1S/C23H21FN4O/c1-3-27(4-2)23(29)20-14-21(17-12-8-9-13-18(17)24)28-22(25-20)15-19(26-28)16-10-6-5-7-11-16/h5-15H,3-4H2,1-2H3. The van der Waals surface area contributed by atoms with Crippen LogP contribution in [-0.4, -0.2) is 38.5 Å². The molecule has 0 atom stereocenters. The number of carbonyl (C=O) groups is 1. The number of halogens is 1. The van der Waals surface area contributed by atoms with E-state index < -0.39 is 0 Å². The lowest BCUT2D eigenvalue weighted by Gasteiger charge is -2.18. The van der Waals surface area contributed by atoms with Crippen molar-refractivity contribution in [2.45, 2.75) is 13.8 Å². The number of aromatic nitrogens is 3. The Kier molecular flexibility index (Phi) is 5.08. The molecular weight excluding hydrogens is 367 g/mol. The van der Waals surface area contributed by atoms with E-state index >= 15 is 0 Å². The van der Waals surface area contributed by atoms with Gasteiger partial charge in [-0.05, 0) is 32.0 Å². The first-order chi connectivity index (χ1) is 14.1. The van der Waals surface area contributed by atoms with E-state index in [0.29, 0.717) is 35.7 Å². The van der Waals surface area contributed by atoms with E-state index in [9.17, 15) is 9.18 Å². The van der Waals surface area contributed by atoms with Gasteiger partial charge in [-0.3, -0.25) is 4.79 Å². The molecule has 6 heteroatoms. The van der Waals surface area contributed by atoms with Crippen molar-refractivity contribution in [1.29, 1.82) is 0 Å². The molecule has 2 aromatic carbocycles. The van der Waals surface area contributed by atoms with Gasteiger partial charge < -0.3 is 4.90 Å². The Morgan fingerprint density at radius 3 is 2.38 bits per heavy atom. The maximum atomic E-state index is 14.6. The average molecular weight is 388 g/mol. The van der Waals surface area contributed by atoms with E-state index in [1.54, 1.807) is 33.7 Å². The quantitative estimate of drug-likeness (QED) is 0.499.